The summed E-state index contributed by atoms with van der Waals surface area (Å²) in [6.45, 7) is 0. The van der Waals surface area contributed by atoms with Crippen LogP contribution in [0, 0.1) is 15.9 Å². The van der Waals surface area contributed by atoms with Gasteiger partial charge in [0.15, 0.2) is 11.6 Å². The molecule has 0 amide bonds. The number of ether oxygens (including phenoxy) is 1. The molecule has 1 aliphatic rings. The average Bonchev–Trinajstić information content (AvgIpc) is 2.31. The molecule has 1 aliphatic carbocycles. The summed E-state index contributed by atoms with van der Waals surface area (Å²) in [6.07, 6.45) is 3.34. The van der Waals surface area contributed by atoms with Gasteiger partial charge in [0.2, 0.25) is 0 Å². The van der Waals surface area contributed by atoms with E-state index in [1.165, 1.54) is 12.1 Å². The number of hydrogen-bond donors (Lipinski definition) is 1. The second-order valence-electron chi connectivity index (χ2n) is 4.54. The van der Waals surface area contributed by atoms with Crippen molar-refractivity contribution < 1.29 is 14.1 Å². The van der Waals surface area contributed by atoms with Crippen molar-refractivity contribution in [3.63, 3.8) is 0 Å². The summed E-state index contributed by atoms with van der Waals surface area (Å²) in [5.74, 6) is -0.650. The maximum Gasteiger partial charge on any atom is 0.272 e. The topological polar surface area (TPSA) is 78.4 Å². The summed E-state index contributed by atoms with van der Waals surface area (Å²) in [4.78, 5) is 9.84. The fourth-order valence-corrected chi connectivity index (χ4v) is 2.17. The quantitative estimate of drug-likeness (QED) is 0.663. The lowest BCUT2D eigenvalue weighted by Crippen LogP contribution is -2.33. The Hall–Kier alpha value is -1.69. The number of nitrogens with zero attached hydrogens (tertiary/aromatic N) is 1. The summed E-state index contributed by atoms with van der Waals surface area (Å²) in [7, 11) is 0. The first kappa shape index (κ1) is 12.8. The second kappa shape index (κ2) is 5.30. The number of non-ortho nitro benzene ring substituents is 1. The van der Waals surface area contributed by atoms with Crippen molar-refractivity contribution in [2.75, 3.05) is 0 Å². The SMILES string of the molecule is NC1CCCC(Oc2ccc([N+](=O)[O-])cc2F)C1. The molecule has 2 atom stereocenters. The van der Waals surface area contributed by atoms with Crippen molar-refractivity contribution >= 4 is 5.69 Å². The van der Waals surface area contributed by atoms with Crippen molar-refractivity contribution in [1.29, 1.82) is 0 Å². The highest BCUT2D eigenvalue weighted by molar-refractivity contribution is 5.37. The summed E-state index contributed by atoms with van der Waals surface area (Å²) in [5.41, 5.74) is 5.54. The number of hydrogen-bond acceptors (Lipinski definition) is 4. The van der Waals surface area contributed by atoms with E-state index in [0.29, 0.717) is 6.42 Å². The molecule has 2 N–H and O–H groups in total. The minimum Gasteiger partial charge on any atom is -0.487 e. The molecule has 0 aliphatic heterocycles. The van der Waals surface area contributed by atoms with Crippen LogP contribution in [0.15, 0.2) is 18.2 Å². The van der Waals surface area contributed by atoms with E-state index in [1.54, 1.807) is 0 Å². The number of halogens is 1. The highest BCUT2D eigenvalue weighted by Crippen LogP contribution is 2.27. The van der Waals surface area contributed by atoms with Crippen LogP contribution >= 0.6 is 0 Å². The van der Waals surface area contributed by atoms with Gasteiger partial charge in [0, 0.05) is 12.1 Å². The zero-order chi connectivity index (χ0) is 13.1. The molecule has 0 bridgehead atoms. The maximum absolute atomic E-state index is 13.6. The minimum absolute atomic E-state index is 0.0553. The van der Waals surface area contributed by atoms with Crippen molar-refractivity contribution in [1.82, 2.24) is 0 Å². The van der Waals surface area contributed by atoms with E-state index >= 15 is 0 Å². The molecular formula is C12H15FN2O3. The van der Waals surface area contributed by atoms with Crippen LogP contribution in [0.1, 0.15) is 25.7 Å². The molecule has 1 aromatic rings. The Kier molecular flexibility index (Phi) is 3.76. The summed E-state index contributed by atoms with van der Waals surface area (Å²) in [6, 6.07) is 3.50. The smallest absolute Gasteiger partial charge is 0.272 e. The zero-order valence-corrected chi connectivity index (χ0v) is 9.84. The van der Waals surface area contributed by atoms with E-state index in [2.05, 4.69) is 0 Å². The van der Waals surface area contributed by atoms with E-state index in [9.17, 15) is 14.5 Å². The van der Waals surface area contributed by atoms with E-state index in [-0.39, 0.29) is 23.6 Å². The number of nitro benzene ring substituents is 1. The van der Waals surface area contributed by atoms with Crippen LogP contribution in [0.5, 0.6) is 5.75 Å². The van der Waals surface area contributed by atoms with Gasteiger partial charge in [-0.25, -0.2) is 4.39 Å². The van der Waals surface area contributed by atoms with Gasteiger partial charge < -0.3 is 10.5 Å². The van der Waals surface area contributed by atoms with Gasteiger partial charge in [-0.2, -0.15) is 0 Å². The summed E-state index contributed by atoms with van der Waals surface area (Å²) >= 11 is 0. The Morgan fingerprint density at radius 2 is 2.22 bits per heavy atom. The van der Waals surface area contributed by atoms with Gasteiger partial charge in [-0.1, -0.05) is 0 Å². The van der Waals surface area contributed by atoms with Gasteiger partial charge in [0.25, 0.3) is 5.69 Å². The lowest BCUT2D eigenvalue weighted by atomic mass is 9.93. The molecule has 0 spiro atoms. The third-order valence-electron chi connectivity index (χ3n) is 3.09. The number of nitrogens with two attached hydrogens (primary N) is 1. The van der Waals surface area contributed by atoms with Crippen LogP contribution in [0.2, 0.25) is 0 Å². The molecular weight excluding hydrogens is 239 g/mol. The fourth-order valence-electron chi connectivity index (χ4n) is 2.17. The first-order chi connectivity index (χ1) is 8.56. The highest BCUT2D eigenvalue weighted by Gasteiger charge is 2.22. The van der Waals surface area contributed by atoms with Gasteiger partial charge in [-0.15, -0.1) is 0 Å². The predicted molar refractivity (Wildman–Crippen MR) is 63.9 cm³/mol. The molecule has 6 heteroatoms. The summed E-state index contributed by atoms with van der Waals surface area (Å²) < 4.78 is 19.1. The van der Waals surface area contributed by atoms with Crippen LogP contribution in [0.25, 0.3) is 0 Å². The third-order valence-corrected chi connectivity index (χ3v) is 3.09. The molecule has 0 radical (unpaired) electrons. The molecule has 2 rings (SSSR count). The van der Waals surface area contributed by atoms with E-state index in [4.69, 9.17) is 10.5 Å². The Labute approximate surface area is 104 Å². The van der Waals surface area contributed by atoms with Crippen LogP contribution in [-0.4, -0.2) is 17.1 Å². The lowest BCUT2D eigenvalue weighted by molar-refractivity contribution is -0.385. The lowest BCUT2D eigenvalue weighted by Gasteiger charge is -2.27. The van der Waals surface area contributed by atoms with Gasteiger partial charge >= 0.3 is 0 Å². The number of rotatable bonds is 3. The molecule has 98 valence electrons. The van der Waals surface area contributed by atoms with Crippen LogP contribution in [0.3, 0.4) is 0 Å². The first-order valence-corrected chi connectivity index (χ1v) is 5.92. The molecule has 1 aromatic carbocycles. The summed E-state index contributed by atoms with van der Waals surface area (Å²) in [5, 5.41) is 10.5. The Morgan fingerprint density at radius 3 is 2.83 bits per heavy atom. The van der Waals surface area contributed by atoms with Gasteiger partial charge in [0.1, 0.15) is 6.10 Å². The molecule has 2 unspecified atom stereocenters. The zero-order valence-electron chi connectivity index (χ0n) is 9.84. The first-order valence-electron chi connectivity index (χ1n) is 5.92. The van der Waals surface area contributed by atoms with Crippen molar-refractivity contribution in [3.05, 3.63) is 34.1 Å². The van der Waals surface area contributed by atoms with Crippen molar-refractivity contribution in [3.8, 4) is 5.75 Å². The van der Waals surface area contributed by atoms with Crippen LogP contribution in [0.4, 0.5) is 10.1 Å². The van der Waals surface area contributed by atoms with Gasteiger partial charge in [-0.3, -0.25) is 10.1 Å². The Morgan fingerprint density at radius 1 is 1.44 bits per heavy atom. The number of nitro groups is 1. The second-order valence-corrected chi connectivity index (χ2v) is 4.54. The molecule has 0 heterocycles. The number of benzene rings is 1. The van der Waals surface area contributed by atoms with E-state index < -0.39 is 10.7 Å². The molecule has 0 saturated heterocycles. The molecule has 0 aromatic heterocycles. The van der Waals surface area contributed by atoms with Crippen molar-refractivity contribution in [2.24, 2.45) is 5.73 Å². The van der Waals surface area contributed by atoms with Crippen molar-refractivity contribution in [2.45, 2.75) is 37.8 Å². The highest BCUT2D eigenvalue weighted by atomic mass is 19.1. The van der Waals surface area contributed by atoms with Crippen LogP contribution in [-0.2, 0) is 0 Å². The van der Waals surface area contributed by atoms with E-state index in [0.717, 1.165) is 25.3 Å². The monoisotopic (exact) mass is 254 g/mol. The maximum atomic E-state index is 13.6. The molecule has 1 saturated carbocycles. The van der Waals surface area contributed by atoms with Gasteiger partial charge in [0.05, 0.1) is 11.0 Å². The fraction of sp³-hybridized carbons (Fsp3) is 0.500. The Balaban J connectivity index is 2.07. The normalized spacial score (nSPS) is 23.7. The van der Waals surface area contributed by atoms with E-state index in [1.807, 2.05) is 0 Å². The van der Waals surface area contributed by atoms with Gasteiger partial charge in [-0.05, 0) is 31.7 Å². The third kappa shape index (κ3) is 2.95. The largest absolute Gasteiger partial charge is 0.487 e. The minimum atomic E-state index is -0.705. The van der Waals surface area contributed by atoms with Crippen LogP contribution < -0.4 is 10.5 Å². The molecule has 1 fully saturated rings. The molecule has 18 heavy (non-hydrogen) atoms. The average molecular weight is 254 g/mol. The Bertz CT molecular complexity index is 453. The molecule has 5 nitrogen and oxygen atoms in total. The predicted octanol–water partition coefficient (Wildman–Crippen LogP) is 2.38. The standard InChI is InChI=1S/C12H15FN2O3/c13-11-7-9(15(16)17)4-5-12(11)18-10-3-1-2-8(14)6-10/h4-5,7-8,10H,1-3,6,14H2.